The Kier molecular flexibility index (Phi) is 4.28. The zero-order valence-electron chi connectivity index (χ0n) is 15.1. The normalized spacial score (nSPS) is 16.8. The molecular weight excluding hydrogens is 378 g/mol. The van der Waals surface area contributed by atoms with Crippen LogP contribution in [0.3, 0.4) is 0 Å². The van der Waals surface area contributed by atoms with Crippen LogP contribution in [0.15, 0.2) is 65.6 Å². The lowest BCUT2D eigenvalue weighted by Crippen LogP contribution is -2.30. The second-order valence-corrected chi connectivity index (χ2v) is 8.82. The Morgan fingerprint density at radius 1 is 0.857 bits per heavy atom. The van der Waals surface area contributed by atoms with Crippen molar-refractivity contribution in [3.05, 3.63) is 82.9 Å². The van der Waals surface area contributed by atoms with Gasteiger partial charge in [0.1, 0.15) is 17.2 Å². The lowest BCUT2D eigenvalue weighted by Gasteiger charge is -2.25. The molecular formula is C21H19NO5S. The molecule has 0 saturated carbocycles. The van der Waals surface area contributed by atoms with E-state index in [1.807, 2.05) is 31.2 Å². The van der Waals surface area contributed by atoms with E-state index < -0.39 is 16.1 Å². The van der Waals surface area contributed by atoms with Crippen molar-refractivity contribution >= 4 is 10.0 Å². The highest BCUT2D eigenvalue weighted by molar-refractivity contribution is 7.89. The maximum Gasteiger partial charge on any atom is 0.244 e. The number of hydrogen-bond acceptors (Lipinski definition) is 5. The molecule has 6 nitrogen and oxygen atoms in total. The number of phenolic OH excluding ortho intramolecular Hbond substituents is 3. The highest BCUT2D eigenvalue weighted by Crippen LogP contribution is 2.43. The van der Waals surface area contributed by atoms with Gasteiger partial charge < -0.3 is 15.3 Å². The highest BCUT2D eigenvalue weighted by atomic mass is 32.2. The van der Waals surface area contributed by atoms with Crippen LogP contribution in [-0.4, -0.2) is 28.0 Å². The number of aryl methyl sites for hydroxylation is 1. The number of aromatic hydroxyl groups is 3. The van der Waals surface area contributed by atoms with Crippen LogP contribution in [0.4, 0.5) is 0 Å². The average molecular weight is 397 g/mol. The van der Waals surface area contributed by atoms with Gasteiger partial charge in [-0.15, -0.1) is 0 Å². The fraction of sp³-hybridized carbons (Fsp3) is 0.143. The van der Waals surface area contributed by atoms with E-state index >= 15 is 0 Å². The molecule has 0 aromatic heterocycles. The molecule has 0 bridgehead atoms. The SMILES string of the molecule is Cc1ccc(C2c3cc(O)ccc3CN2S(=O)(=O)c2cc(O)cc(O)c2)cc1. The predicted octanol–water partition coefficient (Wildman–Crippen LogP) is 3.41. The molecule has 3 aromatic rings. The molecule has 0 aliphatic carbocycles. The lowest BCUT2D eigenvalue weighted by atomic mass is 9.97. The van der Waals surface area contributed by atoms with Gasteiger partial charge in [0, 0.05) is 24.7 Å². The first-order valence-electron chi connectivity index (χ1n) is 8.69. The summed E-state index contributed by atoms with van der Waals surface area (Å²) in [5.74, 6) is -0.607. The number of fused-ring (bicyclic) bond motifs is 1. The summed E-state index contributed by atoms with van der Waals surface area (Å²) in [5.41, 5.74) is 3.31. The molecule has 3 aromatic carbocycles. The van der Waals surface area contributed by atoms with Crippen LogP contribution in [0.5, 0.6) is 17.2 Å². The number of benzene rings is 3. The van der Waals surface area contributed by atoms with Crippen LogP contribution in [0.1, 0.15) is 28.3 Å². The Balaban J connectivity index is 1.88. The van der Waals surface area contributed by atoms with Crippen molar-refractivity contribution in [2.75, 3.05) is 0 Å². The van der Waals surface area contributed by atoms with E-state index in [-0.39, 0.29) is 28.7 Å². The van der Waals surface area contributed by atoms with Gasteiger partial charge in [-0.05, 0) is 35.7 Å². The van der Waals surface area contributed by atoms with Gasteiger partial charge in [0.15, 0.2) is 0 Å². The second kappa shape index (κ2) is 6.54. The average Bonchev–Trinajstić information content (AvgIpc) is 3.01. The second-order valence-electron chi connectivity index (χ2n) is 6.93. The third-order valence-electron chi connectivity index (χ3n) is 4.91. The number of hydrogen-bond donors (Lipinski definition) is 3. The van der Waals surface area contributed by atoms with Crippen molar-refractivity contribution in [2.45, 2.75) is 24.4 Å². The van der Waals surface area contributed by atoms with E-state index in [1.165, 1.54) is 10.4 Å². The van der Waals surface area contributed by atoms with Gasteiger partial charge in [0.2, 0.25) is 10.0 Å². The van der Waals surface area contributed by atoms with Crippen LogP contribution in [0.2, 0.25) is 0 Å². The minimum atomic E-state index is -4.04. The number of phenols is 3. The standard InChI is InChI=1S/C21H19NO5S/c1-13-2-4-14(5-3-13)21-20-11-16(23)7-6-15(20)12-22(21)28(26,27)19-9-17(24)8-18(25)10-19/h2-11,21,23-25H,12H2,1H3. The van der Waals surface area contributed by atoms with E-state index in [1.54, 1.807) is 12.1 Å². The first kappa shape index (κ1) is 18.3. The van der Waals surface area contributed by atoms with E-state index in [0.29, 0.717) is 5.56 Å². The summed E-state index contributed by atoms with van der Waals surface area (Å²) in [5, 5.41) is 29.4. The van der Waals surface area contributed by atoms with Gasteiger partial charge >= 0.3 is 0 Å². The summed E-state index contributed by atoms with van der Waals surface area (Å²) < 4.78 is 28.1. The van der Waals surface area contributed by atoms with Crippen LogP contribution in [-0.2, 0) is 16.6 Å². The summed E-state index contributed by atoms with van der Waals surface area (Å²) in [6, 6.07) is 15.0. The van der Waals surface area contributed by atoms with Gasteiger partial charge in [-0.1, -0.05) is 35.9 Å². The van der Waals surface area contributed by atoms with E-state index in [4.69, 9.17) is 0 Å². The summed E-state index contributed by atoms with van der Waals surface area (Å²) in [6.45, 7) is 2.06. The summed E-state index contributed by atoms with van der Waals surface area (Å²) in [4.78, 5) is -0.195. The molecule has 7 heteroatoms. The van der Waals surface area contributed by atoms with Crippen LogP contribution in [0, 0.1) is 6.92 Å². The van der Waals surface area contributed by atoms with Gasteiger partial charge in [-0.3, -0.25) is 0 Å². The Morgan fingerprint density at radius 2 is 1.50 bits per heavy atom. The Hall–Kier alpha value is -3.03. The van der Waals surface area contributed by atoms with Crippen molar-refractivity contribution < 1.29 is 23.7 Å². The van der Waals surface area contributed by atoms with Crippen LogP contribution < -0.4 is 0 Å². The first-order valence-corrected chi connectivity index (χ1v) is 10.1. The lowest BCUT2D eigenvalue weighted by molar-refractivity contribution is 0.385. The number of sulfonamides is 1. The summed E-state index contributed by atoms with van der Waals surface area (Å²) in [7, 11) is -4.04. The number of rotatable bonds is 3. The van der Waals surface area contributed by atoms with Crippen LogP contribution >= 0.6 is 0 Å². The Morgan fingerprint density at radius 3 is 2.14 bits per heavy atom. The van der Waals surface area contributed by atoms with Gasteiger partial charge in [0.25, 0.3) is 0 Å². The first-order chi connectivity index (χ1) is 13.3. The molecule has 0 spiro atoms. The molecule has 0 fully saturated rings. The molecule has 0 radical (unpaired) electrons. The third kappa shape index (κ3) is 3.08. The van der Waals surface area contributed by atoms with Crippen molar-refractivity contribution in [2.24, 2.45) is 0 Å². The molecule has 28 heavy (non-hydrogen) atoms. The van der Waals surface area contributed by atoms with Crippen molar-refractivity contribution in [1.82, 2.24) is 4.31 Å². The molecule has 1 aliphatic rings. The number of nitrogens with zero attached hydrogens (tertiary/aromatic N) is 1. The molecule has 0 amide bonds. The van der Waals surface area contributed by atoms with Crippen molar-refractivity contribution in [3.8, 4) is 17.2 Å². The van der Waals surface area contributed by atoms with Crippen LogP contribution in [0.25, 0.3) is 0 Å². The van der Waals surface area contributed by atoms with E-state index in [9.17, 15) is 23.7 Å². The molecule has 144 valence electrons. The zero-order valence-corrected chi connectivity index (χ0v) is 15.9. The molecule has 3 N–H and O–H groups in total. The molecule has 1 atom stereocenters. The van der Waals surface area contributed by atoms with Crippen molar-refractivity contribution in [3.63, 3.8) is 0 Å². The molecule has 1 unspecified atom stereocenters. The van der Waals surface area contributed by atoms with E-state index in [0.717, 1.165) is 34.9 Å². The largest absolute Gasteiger partial charge is 0.508 e. The fourth-order valence-corrected chi connectivity index (χ4v) is 5.20. The minimum Gasteiger partial charge on any atom is -0.508 e. The summed E-state index contributed by atoms with van der Waals surface area (Å²) in [6.07, 6.45) is 0. The zero-order chi connectivity index (χ0) is 20.1. The summed E-state index contributed by atoms with van der Waals surface area (Å²) >= 11 is 0. The predicted molar refractivity (Wildman–Crippen MR) is 104 cm³/mol. The van der Waals surface area contributed by atoms with Gasteiger partial charge in [-0.25, -0.2) is 8.42 Å². The van der Waals surface area contributed by atoms with E-state index in [2.05, 4.69) is 0 Å². The monoisotopic (exact) mass is 397 g/mol. The van der Waals surface area contributed by atoms with Gasteiger partial charge in [0.05, 0.1) is 10.9 Å². The Bertz CT molecular complexity index is 1140. The smallest absolute Gasteiger partial charge is 0.244 e. The highest BCUT2D eigenvalue weighted by Gasteiger charge is 2.40. The molecule has 1 aliphatic heterocycles. The maximum absolute atomic E-state index is 13.4. The quantitative estimate of drug-likeness (QED) is 0.629. The Labute approximate surface area is 163 Å². The fourth-order valence-electron chi connectivity index (χ4n) is 3.57. The third-order valence-corrected chi connectivity index (χ3v) is 6.70. The molecule has 1 heterocycles. The molecule has 4 rings (SSSR count). The minimum absolute atomic E-state index is 0.0603. The van der Waals surface area contributed by atoms with Crippen molar-refractivity contribution in [1.29, 1.82) is 0 Å². The van der Waals surface area contributed by atoms with Gasteiger partial charge in [-0.2, -0.15) is 4.31 Å². The molecule has 0 saturated heterocycles. The maximum atomic E-state index is 13.4. The topological polar surface area (TPSA) is 98.1 Å².